The molecule has 0 aromatic heterocycles. The van der Waals surface area contributed by atoms with E-state index in [4.69, 9.17) is 4.74 Å². The van der Waals surface area contributed by atoms with Gasteiger partial charge >= 0.3 is 5.97 Å². The van der Waals surface area contributed by atoms with Crippen LogP contribution in [-0.4, -0.2) is 23.4 Å². The number of rotatable bonds is 7. The van der Waals surface area contributed by atoms with Gasteiger partial charge in [-0.05, 0) is 47.6 Å². The summed E-state index contributed by atoms with van der Waals surface area (Å²) in [5.41, 5.74) is 4.34. The molecule has 0 aliphatic carbocycles. The summed E-state index contributed by atoms with van der Waals surface area (Å²) in [4.78, 5) is 12.4. The van der Waals surface area contributed by atoms with Crippen molar-refractivity contribution in [3.8, 4) is 16.9 Å². The summed E-state index contributed by atoms with van der Waals surface area (Å²) in [6, 6.07) is 23.1. The number of para-hydroxylation sites is 1. The lowest BCUT2D eigenvalue weighted by atomic mass is 9.95. The van der Waals surface area contributed by atoms with Gasteiger partial charge in [-0.1, -0.05) is 61.5 Å². The van der Waals surface area contributed by atoms with Gasteiger partial charge in [0, 0.05) is 5.56 Å². The van der Waals surface area contributed by atoms with Crippen LogP contribution in [0, 0.1) is 0 Å². The van der Waals surface area contributed by atoms with E-state index in [1.165, 1.54) is 0 Å². The van der Waals surface area contributed by atoms with Crippen LogP contribution in [0.25, 0.3) is 11.1 Å². The molecule has 4 heteroatoms. The van der Waals surface area contributed by atoms with Crippen LogP contribution >= 0.6 is 11.8 Å². The van der Waals surface area contributed by atoms with Crippen molar-refractivity contribution in [2.24, 2.45) is 0 Å². The highest BCUT2D eigenvalue weighted by Gasteiger charge is 2.19. The van der Waals surface area contributed by atoms with Crippen LogP contribution in [0.15, 0.2) is 72.8 Å². The number of carbonyl (C=O) groups is 1. The van der Waals surface area contributed by atoms with Crippen molar-refractivity contribution in [1.29, 1.82) is 0 Å². The molecule has 144 valence electrons. The first-order valence-corrected chi connectivity index (χ1v) is 10.5. The molecule has 0 aliphatic heterocycles. The second-order valence-corrected chi connectivity index (χ2v) is 7.67. The van der Waals surface area contributed by atoms with Crippen molar-refractivity contribution in [2.45, 2.75) is 19.1 Å². The summed E-state index contributed by atoms with van der Waals surface area (Å²) < 4.78 is 5.22. The number of phenols is 1. The first-order chi connectivity index (χ1) is 13.7. The molecule has 0 saturated heterocycles. The molecule has 0 radical (unpaired) electrons. The SMILES string of the molecule is CCOC(=O)c1ccccc1-c1cccc(C(SCC)c2ccccc2O)c1. The Balaban J connectivity index is 2.05. The number of esters is 1. The zero-order chi connectivity index (χ0) is 19.9. The van der Waals surface area contributed by atoms with E-state index < -0.39 is 0 Å². The van der Waals surface area contributed by atoms with Crippen molar-refractivity contribution < 1.29 is 14.6 Å². The minimum Gasteiger partial charge on any atom is -0.508 e. The van der Waals surface area contributed by atoms with Crippen molar-refractivity contribution in [3.05, 3.63) is 89.5 Å². The minimum atomic E-state index is -0.316. The Bertz CT molecular complexity index is 952. The van der Waals surface area contributed by atoms with Crippen LogP contribution in [0.4, 0.5) is 0 Å². The molecule has 1 atom stereocenters. The summed E-state index contributed by atoms with van der Waals surface area (Å²) in [5.74, 6) is 0.900. The molecule has 0 spiro atoms. The predicted molar refractivity (Wildman–Crippen MR) is 116 cm³/mol. The number of benzene rings is 3. The molecule has 3 rings (SSSR count). The van der Waals surface area contributed by atoms with Crippen LogP contribution in [0.3, 0.4) is 0 Å². The maximum absolute atomic E-state index is 12.4. The van der Waals surface area contributed by atoms with Gasteiger partial charge in [-0.3, -0.25) is 0 Å². The maximum Gasteiger partial charge on any atom is 0.338 e. The second kappa shape index (κ2) is 9.47. The summed E-state index contributed by atoms with van der Waals surface area (Å²) >= 11 is 1.77. The van der Waals surface area contributed by atoms with Gasteiger partial charge in [0.05, 0.1) is 17.4 Å². The van der Waals surface area contributed by atoms with Crippen LogP contribution in [0.5, 0.6) is 5.75 Å². The number of hydrogen-bond donors (Lipinski definition) is 1. The normalized spacial score (nSPS) is 11.8. The summed E-state index contributed by atoms with van der Waals surface area (Å²) in [6.45, 7) is 4.26. The standard InChI is InChI=1S/C24H24O3S/c1-3-27-24(26)20-13-6-5-12-19(20)17-10-9-11-18(16-17)23(28-4-2)21-14-7-8-15-22(21)25/h5-16,23,25H,3-4H2,1-2H3. The third-order valence-corrected chi connectivity index (χ3v) is 5.67. The summed E-state index contributed by atoms with van der Waals surface area (Å²) in [6.07, 6.45) is 0. The van der Waals surface area contributed by atoms with Crippen molar-refractivity contribution in [2.75, 3.05) is 12.4 Å². The van der Waals surface area contributed by atoms with Gasteiger partial charge in [-0.25, -0.2) is 4.79 Å². The monoisotopic (exact) mass is 392 g/mol. The lowest BCUT2D eigenvalue weighted by Gasteiger charge is -2.19. The van der Waals surface area contributed by atoms with Gasteiger partial charge in [-0.2, -0.15) is 0 Å². The second-order valence-electron chi connectivity index (χ2n) is 6.29. The third-order valence-electron chi connectivity index (χ3n) is 4.48. The fourth-order valence-corrected chi connectivity index (χ4v) is 4.28. The number of aromatic hydroxyl groups is 1. The first-order valence-electron chi connectivity index (χ1n) is 9.41. The van der Waals surface area contributed by atoms with E-state index in [9.17, 15) is 9.90 Å². The van der Waals surface area contributed by atoms with E-state index in [0.29, 0.717) is 17.9 Å². The quantitative estimate of drug-likeness (QED) is 0.495. The Morgan fingerprint density at radius 2 is 1.75 bits per heavy atom. The van der Waals surface area contributed by atoms with Gasteiger partial charge in [-0.15, -0.1) is 11.8 Å². The summed E-state index contributed by atoms with van der Waals surface area (Å²) in [5, 5.41) is 10.4. The van der Waals surface area contributed by atoms with Crippen molar-refractivity contribution in [3.63, 3.8) is 0 Å². The number of thioether (sulfide) groups is 1. The van der Waals surface area contributed by atoms with E-state index >= 15 is 0 Å². The fourth-order valence-electron chi connectivity index (χ4n) is 3.23. The fraction of sp³-hybridized carbons (Fsp3) is 0.208. The average molecular weight is 393 g/mol. The van der Waals surface area contributed by atoms with Crippen molar-refractivity contribution in [1.82, 2.24) is 0 Å². The van der Waals surface area contributed by atoms with Gasteiger partial charge in [0.2, 0.25) is 0 Å². The molecule has 3 aromatic carbocycles. The Labute approximate surface area is 170 Å². The number of ether oxygens (including phenoxy) is 1. The molecule has 1 N–H and O–H groups in total. The van der Waals surface area contributed by atoms with E-state index in [0.717, 1.165) is 28.0 Å². The zero-order valence-corrected chi connectivity index (χ0v) is 16.9. The highest BCUT2D eigenvalue weighted by Crippen LogP contribution is 2.40. The first kappa shape index (κ1) is 20.0. The van der Waals surface area contributed by atoms with E-state index in [1.807, 2.05) is 48.5 Å². The Kier molecular flexibility index (Phi) is 6.77. The highest BCUT2D eigenvalue weighted by molar-refractivity contribution is 7.99. The van der Waals surface area contributed by atoms with Crippen LogP contribution in [-0.2, 0) is 4.74 Å². The largest absolute Gasteiger partial charge is 0.508 e. The highest BCUT2D eigenvalue weighted by atomic mass is 32.2. The van der Waals surface area contributed by atoms with E-state index in [2.05, 4.69) is 19.1 Å². The Hall–Kier alpha value is -2.72. The predicted octanol–water partition coefficient (Wildman–Crippen LogP) is 6.08. The molecule has 1 unspecified atom stereocenters. The third kappa shape index (κ3) is 4.39. The van der Waals surface area contributed by atoms with Crippen LogP contribution in [0.2, 0.25) is 0 Å². The van der Waals surface area contributed by atoms with Gasteiger partial charge in [0.1, 0.15) is 5.75 Å². The molecule has 28 heavy (non-hydrogen) atoms. The molecule has 0 amide bonds. The van der Waals surface area contributed by atoms with Gasteiger partial charge < -0.3 is 9.84 Å². The minimum absolute atomic E-state index is 0.0147. The molecular weight excluding hydrogens is 368 g/mol. The molecule has 0 fully saturated rings. The maximum atomic E-state index is 12.4. The molecule has 0 bridgehead atoms. The van der Waals surface area contributed by atoms with E-state index in [1.54, 1.807) is 30.8 Å². The smallest absolute Gasteiger partial charge is 0.338 e. The lowest BCUT2D eigenvalue weighted by Crippen LogP contribution is -2.06. The topological polar surface area (TPSA) is 46.5 Å². The Morgan fingerprint density at radius 3 is 2.50 bits per heavy atom. The molecule has 3 nitrogen and oxygen atoms in total. The van der Waals surface area contributed by atoms with E-state index in [-0.39, 0.29) is 11.2 Å². The number of phenolic OH excluding ortho intramolecular Hbond substituents is 1. The Morgan fingerprint density at radius 1 is 1.00 bits per heavy atom. The molecule has 0 aliphatic rings. The molecule has 0 heterocycles. The summed E-state index contributed by atoms with van der Waals surface area (Å²) in [7, 11) is 0. The van der Waals surface area contributed by atoms with Crippen LogP contribution in [0.1, 0.15) is 40.6 Å². The van der Waals surface area contributed by atoms with Crippen molar-refractivity contribution >= 4 is 17.7 Å². The molecule has 0 saturated carbocycles. The van der Waals surface area contributed by atoms with Gasteiger partial charge in [0.15, 0.2) is 0 Å². The van der Waals surface area contributed by atoms with Gasteiger partial charge in [0.25, 0.3) is 0 Å². The lowest BCUT2D eigenvalue weighted by molar-refractivity contribution is 0.0527. The average Bonchev–Trinajstić information content (AvgIpc) is 2.73. The van der Waals surface area contributed by atoms with Crippen LogP contribution < -0.4 is 0 Å². The number of carbonyl (C=O) groups excluding carboxylic acids is 1. The zero-order valence-electron chi connectivity index (χ0n) is 16.1. The molecular formula is C24H24O3S. The number of hydrogen-bond acceptors (Lipinski definition) is 4. The molecule has 3 aromatic rings.